The van der Waals surface area contributed by atoms with E-state index in [0.717, 1.165) is 55.1 Å². The maximum Gasteiger partial charge on any atom is 0.192 e. The molecule has 0 bridgehead atoms. The van der Waals surface area contributed by atoms with Crippen molar-refractivity contribution in [2.45, 2.75) is 71.1 Å². The van der Waals surface area contributed by atoms with Crippen LogP contribution in [0.5, 0.6) is 5.75 Å². The normalized spacial score (nSPS) is 16.0. The van der Waals surface area contributed by atoms with E-state index in [1.54, 1.807) is 0 Å². The number of aryl methyl sites for hydroxylation is 1. The summed E-state index contributed by atoms with van der Waals surface area (Å²) in [5.41, 5.74) is 0.371. The molecule has 1 atom stereocenters. The molecule has 9 heteroatoms. The molecule has 3 N–H and O–H groups in total. The molecule has 1 aliphatic rings. The third-order valence-corrected chi connectivity index (χ3v) is 5.85. The van der Waals surface area contributed by atoms with Crippen molar-refractivity contribution in [3.8, 4) is 5.75 Å². The molecule has 0 spiro atoms. The Kier molecular flexibility index (Phi) is 10.2. The smallest absolute Gasteiger partial charge is 0.192 e. The van der Waals surface area contributed by atoms with E-state index in [1.807, 2.05) is 36.7 Å². The van der Waals surface area contributed by atoms with Gasteiger partial charge in [-0.25, -0.2) is 4.99 Å². The fourth-order valence-electron chi connectivity index (χ4n) is 4.03. The molecule has 3 rings (SSSR count). The zero-order valence-corrected chi connectivity index (χ0v) is 21.9. The summed E-state index contributed by atoms with van der Waals surface area (Å²) in [6, 6.07) is 8.18. The largest absolute Gasteiger partial charge is 0.493 e. The molecular weight excluding hydrogens is 519 g/mol. The second kappa shape index (κ2) is 12.4. The van der Waals surface area contributed by atoms with Crippen LogP contribution in [-0.2, 0) is 13.6 Å². The number of fused-ring (bicyclic) bond motifs is 1. The van der Waals surface area contributed by atoms with E-state index in [2.05, 4.69) is 40.7 Å². The van der Waals surface area contributed by atoms with Gasteiger partial charge in [-0.3, -0.25) is 0 Å². The molecule has 1 aliphatic heterocycles. The molecule has 0 saturated heterocycles. The molecular formula is C23H37IN6O2. The Balaban J connectivity index is 0.00000363. The van der Waals surface area contributed by atoms with E-state index >= 15 is 0 Å². The minimum atomic E-state index is -0.749. The maximum atomic E-state index is 11.1. The zero-order valence-electron chi connectivity index (χ0n) is 19.6. The van der Waals surface area contributed by atoms with Crippen molar-refractivity contribution in [3.63, 3.8) is 0 Å². The van der Waals surface area contributed by atoms with Gasteiger partial charge in [-0.05, 0) is 25.8 Å². The first-order chi connectivity index (χ1) is 15.0. The van der Waals surface area contributed by atoms with Crippen molar-refractivity contribution in [3.05, 3.63) is 41.5 Å². The Morgan fingerprint density at radius 3 is 2.62 bits per heavy atom. The number of aliphatic imine (C=N–C) groups is 1. The molecule has 2 heterocycles. The Labute approximate surface area is 208 Å². The van der Waals surface area contributed by atoms with Crippen LogP contribution in [-0.4, -0.2) is 44.6 Å². The molecule has 2 aromatic rings. The third kappa shape index (κ3) is 6.81. The number of halogens is 1. The van der Waals surface area contributed by atoms with Crippen LogP contribution in [0.2, 0.25) is 0 Å². The number of rotatable bonds is 9. The predicted molar refractivity (Wildman–Crippen MR) is 137 cm³/mol. The molecule has 178 valence electrons. The van der Waals surface area contributed by atoms with Crippen LogP contribution < -0.4 is 15.4 Å². The predicted octanol–water partition coefficient (Wildman–Crippen LogP) is 3.63. The van der Waals surface area contributed by atoms with Crippen molar-refractivity contribution in [1.82, 2.24) is 25.4 Å². The first-order valence-electron chi connectivity index (χ1n) is 11.3. The molecule has 1 aromatic heterocycles. The number of ether oxygens (including phenoxy) is 1. The molecule has 1 unspecified atom stereocenters. The summed E-state index contributed by atoms with van der Waals surface area (Å²) in [5.74, 6) is 3.21. The van der Waals surface area contributed by atoms with Gasteiger partial charge in [0, 0.05) is 25.6 Å². The van der Waals surface area contributed by atoms with Crippen molar-refractivity contribution in [2.24, 2.45) is 12.0 Å². The number of aliphatic hydroxyl groups is 1. The van der Waals surface area contributed by atoms with Crippen molar-refractivity contribution in [2.75, 3.05) is 13.2 Å². The van der Waals surface area contributed by atoms with E-state index < -0.39 is 5.60 Å². The Hall–Kier alpha value is -1.88. The lowest BCUT2D eigenvalue weighted by Gasteiger charge is -2.31. The van der Waals surface area contributed by atoms with Crippen LogP contribution in [0.1, 0.15) is 69.2 Å². The standard InChI is InChI=1S/C23H36N6O2.HI/c1-5-12-23(30,13-6-2)16-25-22(24-15-21-28-27-17(3)29(21)4)26-19-11-14-31-20-10-8-7-9-18(19)20;/h7-10,19,30H,5-6,11-16H2,1-4H3,(H2,24,25,26);1H. The molecule has 0 amide bonds. The van der Waals surface area contributed by atoms with Gasteiger partial charge < -0.3 is 25.0 Å². The minimum absolute atomic E-state index is 0. The lowest BCUT2D eigenvalue weighted by Crippen LogP contribution is -2.48. The number of para-hydroxylation sites is 1. The number of guanidine groups is 1. The monoisotopic (exact) mass is 556 g/mol. The number of nitrogens with zero attached hydrogens (tertiary/aromatic N) is 4. The third-order valence-electron chi connectivity index (χ3n) is 5.85. The molecule has 0 aliphatic carbocycles. The summed E-state index contributed by atoms with van der Waals surface area (Å²) in [6.07, 6.45) is 4.22. The molecule has 0 fully saturated rings. The first-order valence-corrected chi connectivity index (χ1v) is 11.3. The highest BCUT2D eigenvalue weighted by Gasteiger charge is 2.27. The van der Waals surface area contributed by atoms with Gasteiger partial charge in [0.15, 0.2) is 11.8 Å². The Morgan fingerprint density at radius 2 is 1.97 bits per heavy atom. The Bertz CT molecular complexity index is 879. The summed E-state index contributed by atoms with van der Waals surface area (Å²) in [6.45, 7) is 7.62. The van der Waals surface area contributed by atoms with Crippen LogP contribution in [0.25, 0.3) is 0 Å². The van der Waals surface area contributed by atoms with Gasteiger partial charge in [-0.15, -0.1) is 34.2 Å². The van der Waals surface area contributed by atoms with Crippen LogP contribution >= 0.6 is 24.0 Å². The van der Waals surface area contributed by atoms with E-state index in [9.17, 15) is 5.11 Å². The number of benzene rings is 1. The second-order valence-electron chi connectivity index (χ2n) is 8.34. The van der Waals surface area contributed by atoms with Gasteiger partial charge in [0.25, 0.3) is 0 Å². The highest BCUT2D eigenvalue weighted by atomic mass is 127. The average molecular weight is 556 g/mol. The van der Waals surface area contributed by atoms with Gasteiger partial charge in [0.1, 0.15) is 18.1 Å². The summed E-state index contributed by atoms with van der Waals surface area (Å²) in [7, 11) is 1.94. The van der Waals surface area contributed by atoms with Gasteiger partial charge in [-0.1, -0.05) is 44.9 Å². The molecule has 32 heavy (non-hydrogen) atoms. The van der Waals surface area contributed by atoms with Crippen LogP contribution in [0.15, 0.2) is 29.3 Å². The topological polar surface area (TPSA) is 96.6 Å². The van der Waals surface area contributed by atoms with Crippen molar-refractivity contribution < 1.29 is 9.84 Å². The number of nitrogens with one attached hydrogen (secondary N) is 2. The number of hydrogen-bond donors (Lipinski definition) is 3. The summed E-state index contributed by atoms with van der Waals surface area (Å²) in [4.78, 5) is 4.78. The fourth-order valence-corrected chi connectivity index (χ4v) is 4.03. The number of aromatic nitrogens is 3. The highest BCUT2D eigenvalue weighted by molar-refractivity contribution is 14.0. The van der Waals surface area contributed by atoms with Gasteiger partial charge in [-0.2, -0.15) is 0 Å². The van der Waals surface area contributed by atoms with Crippen LogP contribution in [0.3, 0.4) is 0 Å². The summed E-state index contributed by atoms with van der Waals surface area (Å²) in [5, 5.41) is 26.4. The highest BCUT2D eigenvalue weighted by Crippen LogP contribution is 2.31. The summed E-state index contributed by atoms with van der Waals surface area (Å²) < 4.78 is 7.74. The van der Waals surface area contributed by atoms with Crippen molar-refractivity contribution in [1.29, 1.82) is 0 Å². The number of hydrogen-bond acceptors (Lipinski definition) is 5. The van der Waals surface area contributed by atoms with Gasteiger partial charge in [0.05, 0.1) is 18.2 Å². The fraction of sp³-hybridized carbons (Fsp3) is 0.609. The quantitative estimate of drug-likeness (QED) is 0.248. The zero-order chi connectivity index (χ0) is 22.3. The molecule has 1 aromatic carbocycles. The van der Waals surface area contributed by atoms with E-state index in [4.69, 9.17) is 9.73 Å². The van der Waals surface area contributed by atoms with Crippen LogP contribution in [0.4, 0.5) is 0 Å². The van der Waals surface area contributed by atoms with E-state index in [-0.39, 0.29) is 30.0 Å². The van der Waals surface area contributed by atoms with Gasteiger partial charge >= 0.3 is 0 Å². The minimum Gasteiger partial charge on any atom is -0.493 e. The molecule has 0 radical (unpaired) electrons. The lowest BCUT2D eigenvalue weighted by molar-refractivity contribution is 0.0256. The second-order valence-corrected chi connectivity index (χ2v) is 8.34. The van der Waals surface area contributed by atoms with E-state index in [1.165, 1.54) is 0 Å². The van der Waals surface area contributed by atoms with Gasteiger partial charge in [0.2, 0.25) is 0 Å². The maximum absolute atomic E-state index is 11.1. The van der Waals surface area contributed by atoms with Crippen LogP contribution in [0, 0.1) is 6.92 Å². The SMILES string of the molecule is CCCC(O)(CCC)CNC(=NCc1nnc(C)n1C)NC1CCOc2ccccc21.I. The van der Waals surface area contributed by atoms with E-state index in [0.29, 0.717) is 25.7 Å². The first kappa shape index (κ1) is 26.4. The summed E-state index contributed by atoms with van der Waals surface area (Å²) >= 11 is 0. The Morgan fingerprint density at radius 1 is 1.25 bits per heavy atom. The van der Waals surface area contributed by atoms with Crippen molar-refractivity contribution >= 4 is 29.9 Å². The lowest BCUT2D eigenvalue weighted by atomic mass is 9.93. The average Bonchev–Trinajstić information content (AvgIpc) is 3.08. The molecule has 0 saturated carbocycles. The molecule has 8 nitrogen and oxygen atoms in total.